The summed E-state index contributed by atoms with van der Waals surface area (Å²) in [5.41, 5.74) is 4.02. The van der Waals surface area contributed by atoms with Gasteiger partial charge in [0.1, 0.15) is 6.54 Å². The fraction of sp³-hybridized carbons (Fsp3) is 0.400. The minimum Gasteiger partial charge on any atom is -0.331 e. The van der Waals surface area contributed by atoms with Crippen LogP contribution in [0.1, 0.15) is 29.8 Å². The van der Waals surface area contributed by atoms with Gasteiger partial charge < -0.3 is 10.2 Å². The lowest BCUT2D eigenvalue weighted by molar-refractivity contribution is -0.901. The maximum absolute atomic E-state index is 12.3. The first-order chi connectivity index (χ1) is 13.6. The van der Waals surface area contributed by atoms with Crippen molar-refractivity contribution in [2.75, 3.05) is 24.2 Å². The molecule has 1 saturated heterocycles. The molecule has 3 heterocycles. The number of aryl methyl sites for hydroxylation is 2. The number of aromatic nitrogens is 4. The molecule has 0 spiro atoms. The van der Waals surface area contributed by atoms with E-state index < -0.39 is 0 Å². The Bertz CT molecular complexity index is 978. The van der Waals surface area contributed by atoms with Gasteiger partial charge in [0.25, 0.3) is 5.78 Å². The number of amides is 1. The Labute approximate surface area is 168 Å². The van der Waals surface area contributed by atoms with Crippen LogP contribution in [0.25, 0.3) is 5.78 Å². The third-order valence-electron chi connectivity index (χ3n) is 4.93. The number of thioether (sulfide) groups is 1. The van der Waals surface area contributed by atoms with Crippen LogP contribution in [0.3, 0.4) is 0 Å². The number of hydrogen-bond acceptors (Lipinski definition) is 5. The van der Waals surface area contributed by atoms with Crippen molar-refractivity contribution in [1.29, 1.82) is 0 Å². The van der Waals surface area contributed by atoms with Crippen LogP contribution in [0.5, 0.6) is 0 Å². The zero-order valence-electron chi connectivity index (χ0n) is 16.2. The average Bonchev–Trinajstić information content (AvgIpc) is 3.31. The number of nitrogens with zero attached hydrogens (tertiary/aromatic N) is 4. The Morgan fingerprint density at radius 2 is 1.93 bits per heavy atom. The smallest absolute Gasteiger partial charge is 0.253 e. The maximum atomic E-state index is 12.3. The molecule has 1 amide bonds. The summed E-state index contributed by atoms with van der Waals surface area (Å²) in [4.78, 5) is 22.7. The summed E-state index contributed by atoms with van der Waals surface area (Å²) in [6.45, 7) is 7.49. The fourth-order valence-corrected chi connectivity index (χ4v) is 4.20. The normalized spacial score (nSPS) is 14.6. The van der Waals surface area contributed by atoms with Gasteiger partial charge in [0.05, 0.1) is 18.8 Å². The van der Waals surface area contributed by atoms with E-state index in [1.807, 2.05) is 32.0 Å². The minimum absolute atomic E-state index is 0.0670. The van der Waals surface area contributed by atoms with Gasteiger partial charge in [-0.2, -0.15) is 4.98 Å². The molecule has 1 aliphatic heterocycles. The third-order valence-corrected chi connectivity index (χ3v) is 5.77. The zero-order chi connectivity index (χ0) is 19.5. The first-order valence-corrected chi connectivity index (χ1v) is 10.6. The minimum atomic E-state index is -0.0670. The highest BCUT2D eigenvalue weighted by atomic mass is 32.2. The summed E-state index contributed by atoms with van der Waals surface area (Å²) in [5.74, 6) is 0.757. The summed E-state index contributed by atoms with van der Waals surface area (Å²) < 4.78 is 1.70. The van der Waals surface area contributed by atoms with Crippen molar-refractivity contribution in [3.8, 4) is 0 Å². The number of carbonyl (C=O) groups is 1. The molecule has 0 saturated carbocycles. The number of hydrogen-bond donors (Lipinski definition) is 2. The monoisotopic (exact) mass is 397 g/mol. The van der Waals surface area contributed by atoms with Gasteiger partial charge in [0, 0.05) is 35.5 Å². The maximum Gasteiger partial charge on any atom is 0.253 e. The van der Waals surface area contributed by atoms with E-state index in [1.54, 1.807) is 9.42 Å². The van der Waals surface area contributed by atoms with Gasteiger partial charge in [-0.15, -0.1) is 5.10 Å². The molecule has 2 N–H and O–H groups in total. The molecule has 4 rings (SSSR count). The Hall–Kier alpha value is -2.45. The van der Waals surface area contributed by atoms with E-state index >= 15 is 0 Å². The molecule has 0 bridgehead atoms. The lowest BCUT2D eigenvalue weighted by atomic mass is 10.2. The van der Waals surface area contributed by atoms with Crippen molar-refractivity contribution in [2.24, 2.45) is 0 Å². The van der Waals surface area contributed by atoms with E-state index in [2.05, 4.69) is 32.5 Å². The lowest BCUT2D eigenvalue weighted by Gasteiger charge is -2.12. The first kappa shape index (κ1) is 18.9. The topological polar surface area (TPSA) is 76.6 Å². The van der Waals surface area contributed by atoms with Crippen LogP contribution in [0.4, 0.5) is 5.69 Å². The Balaban J connectivity index is 1.31. The highest BCUT2D eigenvalue weighted by Gasteiger charge is 2.15. The Morgan fingerprint density at radius 3 is 2.68 bits per heavy atom. The van der Waals surface area contributed by atoms with E-state index in [4.69, 9.17) is 0 Å². The number of fused-ring (bicyclic) bond motifs is 1. The molecule has 0 aliphatic carbocycles. The van der Waals surface area contributed by atoms with Gasteiger partial charge in [0.15, 0.2) is 0 Å². The number of benzene rings is 1. The van der Waals surface area contributed by atoms with Crippen LogP contribution >= 0.6 is 11.8 Å². The van der Waals surface area contributed by atoms with Crippen LogP contribution in [-0.2, 0) is 11.3 Å². The molecule has 1 fully saturated rings. The van der Waals surface area contributed by atoms with Gasteiger partial charge in [-0.05, 0) is 32.0 Å². The summed E-state index contributed by atoms with van der Waals surface area (Å²) in [5, 5.41) is 7.91. The van der Waals surface area contributed by atoms with E-state index in [-0.39, 0.29) is 11.7 Å². The number of rotatable bonds is 6. The van der Waals surface area contributed by atoms with E-state index in [0.29, 0.717) is 10.9 Å². The fourth-order valence-electron chi connectivity index (χ4n) is 3.58. The van der Waals surface area contributed by atoms with Crippen molar-refractivity contribution < 1.29 is 9.69 Å². The second-order valence-electron chi connectivity index (χ2n) is 7.31. The van der Waals surface area contributed by atoms with Gasteiger partial charge in [0.2, 0.25) is 11.1 Å². The summed E-state index contributed by atoms with van der Waals surface area (Å²) in [7, 11) is 0. The molecule has 2 aromatic heterocycles. The molecule has 28 heavy (non-hydrogen) atoms. The second kappa shape index (κ2) is 8.28. The molecule has 0 atom stereocenters. The third kappa shape index (κ3) is 4.51. The Kier molecular flexibility index (Phi) is 5.59. The molecular formula is C20H25N6OS+. The van der Waals surface area contributed by atoms with Crippen LogP contribution in [0.15, 0.2) is 35.5 Å². The van der Waals surface area contributed by atoms with Crippen molar-refractivity contribution in [2.45, 2.75) is 38.4 Å². The number of quaternary nitrogens is 1. The standard InChI is InChI=1S/C20H24N6OS/c1-14-11-15(2)26-19(21-14)23-20(24-26)28-13-18(27)22-17-7-5-16(6-8-17)12-25-9-3-4-10-25/h5-8,11H,3-4,9-10,12-13H2,1-2H3,(H,22,27)/p+1. The molecule has 8 heteroatoms. The average molecular weight is 398 g/mol. The molecule has 7 nitrogen and oxygen atoms in total. The van der Waals surface area contributed by atoms with E-state index in [1.165, 1.54) is 43.3 Å². The van der Waals surface area contributed by atoms with Crippen LogP contribution in [0, 0.1) is 13.8 Å². The lowest BCUT2D eigenvalue weighted by Crippen LogP contribution is -3.08. The molecule has 0 radical (unpaired) electrons. The van der Waals surface area contributed by atoms with Crippen LogP contribution in [-0.4, -0.2) is 44.3 Å². The van der Waals surface area contributed by atoms with Crippen molar-refractivity contribution >= 4 is 29.1 Å². The van der Waals surface area contributed by atoms with Gasteiger partial charge >= 0.3 is 0 Å². The van der Waals surface area contributed by atoms with E-state index in [0.717, 1.165) is 23.6 Å². The highest BCUT2D eigenvalue weighted by molar-refractivity contribution is 7.99. The number of anilines is 1. The molecular weight excluding hydrogens is 372 g/mol. The highest BCUT2D eigenvalue weighted by Crippen LogP contribution is 2.16. The number of nitrogens with one attached hydrogen (secondary N) is 2. The zero-order valence-corrected chi connectivity index (χ0v) is 17.1. The van der Waals surface area contributed by atoms with Gasteiger partial charge in [-0.1, -0.05) is 23.9 Å². The number of carbonyl (C=O) groups excluding carboxylic acids is 1. The predicted molar refractivity (Wildman–Crippen MR) is 110 cm³/mol. The second-order valence-corrected chi connectivity index (χ2v) is 8.26. The summed E-state index contributed by atoms with van der Waals surface area (Å²) in [6.07, 6.45) is 2.66. The van der Waals surface area contributed by atoms with Crippen LogP contribution in [0.2, 0.25) is 0 Å². The summed E-state index contributed by atoms with van der Waals surface area (Å²) in [6, 6.07) is 10.1. The molecule has 1 aliphatic rings. The van der Waals surface area contributed by atoms with Crippen molar-refractivity contribution in [3.63, 3.8) is 0 Å². The largest absolute Gasteiger partial charge is 0.331 e. The Morgan fingerprint density at radius 1 is 1.18 bits per heavy atom. The quantitative estimate of drug-likeness (QED) is 0.619. The predicted octanol–water partition coefficient (Wildman–Crippen LogP) is 1.65. The van der Waals surface area contributed by atoms with E-state index in [9.17, 15) is 4.79 Å². The van der Waals surface area contributed by atoms with Crippen molar-refractivity contribution in [1.82, 2.24) is 19.6 Å². The first-order valence-electron chi connectivity index (χ1n) is 9.63. The molecule has 0 unspecified atom stereocenters. The van der Waals surface area contributed by atoms with Gasteiger partial charge in [-0.25, -0.2) is 9.50 Å². The van der Waals surface area contributed by atoms with Gasteiger partial charge in [-0.3, -0.25) is 4.79 Å². The number of likely N-dealkylation sites (tertiary alicyclic amines) is 1. The molecule has 146 valence electrons. The summed E-state index contributed by atoms with van der Waals surface area (Å²) >= 11 is 1.31. The molecule has 1 aromatic carbocycles. The van der Waals surface area contributed by atoms with Crippen LogP contribution < -0.4 is 10.2 Å². The van der Waals surface area contributed by atoms with Crippen molar-refractivity contribution in [3.05, 3.63) is 47.3 Å². The SMILES string of the molecule is Cc1cc(C)n2nc(SCC(=O)Nc3ccc(C[NH+]4CCCC4)cc3)nc2n1. The molecule has 3 aromatic rings.